The summed E-state index contributed by atoms with van der Waals surface area (Å²) in [6.07, 6.45) is 2.61. The van der Waals surface area contributed by atoms with E-state index in [4.69, 9.17) is 0 Å². The Balaban J connectivity index is 2.77. The predicted molar refractivity (Wildman–Crippen MR) is 85.8 cm³/mol. The van der Waals surface area contributed by atoms with Gasteiger partial charge < -0.3 is 15.5 Å². The van der Waals surface area contributed by atoms with Gasteiger partial charge in [-0.15, -0.1) is 0 Å². The molecule has 1 heterocycles. The lowest BCUT2D eigenvalue weighted by Crippen LogP contribution is -2.29. The van der Waals surface area contributed by atoms with Crippen LogP contribution in [0.4, 0.5) is 5.69 Å². The molecule has 0 saturated heterocycles. The molecule has 1 amide bonds. The molecule has 1 rings (SSSR count). The number of carbonyl (C=O) groups is 1. The highest BCUT2D eigenvalue weighted by Crippen LogP contribution is 2.16. The molecular formula is C15H27N5O. The number of carbonyl (C=O) groups excluding carboxylic acids is 1. The van der Waals surface area contributed by atoms with Gasteiger partial charge in [-0.1, -0.05) is 13.8 Å². The maximum Gasteiger partial charge on any atom is 0.272 e. The van der Waals surface area contributed by atoms with Crippen molar-refractivity contribution < 1.29 is 4.79 Å². The standard InChI is InChI=1S/C15H27N5O/c1-6-16-12-10-18-14(11(2)3)19-13(12)15(21)17-8-7-9-20(4)5/h10-11,16H,6-9H2,1-5H3,(H,17,21). The van der Waals surface area contributed by atoms with Crippen LogP contribution in [0.25, 0.3) is 0 Å². The Kier molecular flexibility index (Phi) is 7.08. The average molecular weight is 293 g/mol. The van der Waals surface area contributed by atoms with Crippen LogP contribution in [0, 0.1) is 0 Å². The predicted octanol–water partition coefficient (Wildman–Crippen LogP) is 1.71. The Bertz CT molecular complexity index is 459. The van der Waals surface area contributed by atoms with Crippen molar-refractivity contribution in [2.24, 2.45) is 0 Å². The van der Waals surface area contributed by atoms with Crippen LogP contribution in [-0.2, 0) is 0 Å². The Hall–Kier alpha value is -1.69. The lowest BCUT2D eigenvalue weighted by molar-refractivity contribution is 0.0947. The lowest BCUT2D eigenvalue weighted by atomic mass is 10.2. The lowest BCUT2D eigenvalue weighted by Gasteiger charge is -2.13. The normalized spacial score (nSPS) is 11.0. The first-order chi connectivity index (χ1) is 9.95. The summed E-state index contributed by atoms with van der Waals surface area (Å²) >= 11 is 0. The van der Waals surface area contributed by atoms with Crippen molar-refractivity contribution in [3.05, 3.63) is 17.7 Å². The molecule has 0 saturated carbocycles. The minimum Gasteiger partial charge on any atom is -0.382 e. The van der Waals surface area contributed by atoms with Crippen molar-refractivity contribution in [3.63, 3.8) is 0 Å². The van der Waals surface area contributed by atoms with E-state index in [0.717, 1.165) is 19.5 Å². The number of hydrogen-bond donors (Lipinski definition) is 2. The fourth-order valence-corrected chi connectivity index (χ4v) is 1.85. The van der Waals surface area contributed by atoms with Crippen LogP contribution < -0.4 is 10.6 Å². The van der Waals surface area contributed by atoms with E-state index >= 15 is 0 Å². The monoisotopic (exact) mass is 293 g/mol. The first-order valence-electron chi connectivity index (χ1n) is 7.49. The third kappa shape index (κ3) is 5.67. The number of rotatable bonds is 8. The molecule has 0 radical (unpaired) electrons. The fraction of sp³-hybridized carbons (Fsp3) is 0.667. The number of nitrogens with one attached hydrogen (secondary N) is 2. The molecule has 0 aromatic carbocycles. The Morgan fingerprint density at radius 3 is 2.67 bits per heavy atom. The zero-order chi connectivity index (χ0) is 15.8. The van der Waals surface area contributed by atoms with E-state index in [1.165, 1.54) is 0 Å². The third-order valence-electron chi connectivity index (χ3n) is 2.97. The molecule has 2 N–H and O–H groups in total. The van der Waals surface area contributed by atoms with Crippen molar-refractivity contribution in [1.82, 2.24) is 20.2 Å². The van der Waals surface area contributed by atoms with Crippen LogP contribution in [0.1, 0.15) is 49.4 Å². The summed E-state index contributed by atoms with van der Waals surface area (Å²) in [6, 6.07) is 0. The van der Waals surface area contributed by atoms with Gasteiger partial charge in [-0.2, -0.15) is 0 Å². The van der Waals surface area contributed by atoms with Crippen LogP contribution in [0.15, 0.2) is 6.20 Å². The molecule has 118 valence electrons. The topological polar surface area (TPSA) is 70.1 Å². The van der Waals surface area contributed by atoms with Crippen LogP contribution in [0.3, 0.4) is 0 Å². The molecule has 0 unspecified atom stereocenters. The number of nitrogens with zero attached hydrogens (tertiary/aromatic N) is 3. The minimum absolute atomic E-state index is 0.144. The van der Waals surface area contributed by atoms with E-state index in [1.807, 2.05) is 34.9 Å². The average Bonchev–Trinajstić information content (AvgIpc) is 2.43. The maximum absolute atomic E-state index is 12.3. The first-order valence-corrected chi connectivity index (χ1v) is 7.49. The van der Waals surface area contributed by atoms with Gasteiger partial charge in [0.05, 0.1) is 11.9 Å². The molecule has 0 atom stereocenters. The van der Waals surface area contributed by atoms with Gasteiger partial charge in [-0.05, 0) is 34.0 Å². The smallest absolute Gasteiger partial charge is 0.272 e. The Morgan fingerprint density at radius 2 is 2.10 bits per heavy atom. The van der Waals surface area contributed by atoms with Gasteiger partial charge in [0.25, 0.3) is 5.91 Å². The van der Waals surface area contributed by atoms with Gasteiger partial charge in [0, 0.05) is 19.0 Å². The van der Waals surface area contributed by atoms with Gasteiger partial charge in [-0.3, -0.25) is 4.79 Å². The number of aromatic nitrogens is 2. The Morgan fingerprint density at radius 1 is 1.38 bits per heavy atom. The highest BCUT2D eigenvalue weighted by Gasteiger charge is 2.15. The molecule has 6 heteroatoms. The summed E-state index contributed by atoms with van der Waals surface area (Å²) in [5.74, 6) is 0.741. The highest BCUT2D eigenvalue weighted by atomic mass is 16.1. The van der Waals surface area contributed by atoms with Crippen molar-refractivity contribution in [2.75, 3.05) is 39.0 Å². The fourth-order valence-electron chi connectivity index (χ4n) is 1.85. The first kappa shape index (κ1) is 17.4. The van der Waals surface area contributed by atoms with Gasteiger partial charge in [0.15, 0.2) is 5.69 Å². The number of amides is 1. The van der Waals surface area contributed by atoms with Crippen LogP contribution in [-0.4, -0.2) is 54.5 Å². The summed E-state index contributed by atoms with van der Waals surface area (Å²) in [4.78, 5) is 23.1. The van der Waals surface area contributed by atoms with Gasteiger partial charge in [0.2, 0.25) is 0 Å². The molecule has 0 bridgehead atoms. The summed E-state index contributed by atoms with van der Waals surface area (Å²) in [5.41, 5.74) is 1.12. The zero-order valence-corrected chi connectivity index (χ0v) is 13.7. The highest BCUT2D eigenvalue weighted by molar-refractivity contribution is 5.97. The second-order valence-corrected chi connectivity index (χ2v) is 5.59. The molecule has 0 aliphatic rings. The molecule has 1 aromatic heterocycles. The van der Waals surface area contributed by atoms with Crippen LogP contribution >= 0.6 is 0 Å². The largest absolute Gasteiger partial charge is 0.382 e. The van der Waals surface area contributed by atoms with Crippen LogP contribution in [0.5, 0.6) is 0 Å². The maximum atomic E-state index is 12.3. The van der Waals surface area contributed by atoms with Gasteiger partial charge in [0.1, 0.15) is 5.82 Å². The van der Waals surface area contributed by atoms with E-state index in [-0.39, 0.29) is 11.8 Å². The van der Waals surface area contributed by atoms with Crippen molar-refractivity contribution >= 4 is 11.6 Å². The molecule has 0 aliphatic carbocycles. The van der Waals surface area contributed by atoms with E-state index in [9.17, 15) is 4.79 Å². The summed E-state index contributed by atoms with van der Waals surface area (Å²) < 4.78 is 0. The van der Waals surface area contributed by atoms with E-state index in [2.05, 4.69) is 25.5 Å². The number of hydrogen-bond acceptors (Lipinski definition) is 5. The minimum atomic E-state index is -0.144. The molecule has 21 heavy (non-hydrogen) atoms. The third-order valence-corrected chi connectivity index (χ3v) is 2.97. The molecule has 0 aliphatic heterocycles. The molecule has 0 fully saturated rings. The summed E-state index contributed by atoms with van der Waals surface area (Å²) in [7, 11) is 4.04. The summed E-state index contributed by atoms with van der Waals surface area (Å²) in [6.45, 7) is 8.33. The van der Waals surface area contributed by atoms with E-state index in [1.54, 1.807) is 6.20 Å². The van der Waals surface area contributed by atoms with Gasteiger partial charge in [-0.25, -0.2) is 9.97 Å². The summed E-state index contributed by atoms with van der Waals surface area (Å²) in [5, 5.41) is 6.06. The SMILES string of the molecule is CCNc1cnc(C(C)C)nc1C(=O)NCCCN(C)C. The van der Waals surface area contributed by atoms with Crippen molar-refractivity contribution in [1.29, 1.82) is 0 Å². The van der Waals surface area contributed by atoms with E-state index < -0.39 is 0 Å². The number of anilines is 1. The quantitative estimate of drug-likeness (QED) is 0.714. The molecule has 1 aromatic rings. The molecule has 0 spiro atoms. The van der Waals surface area contributed by atoms with Crippen molar-refractivity contribution in [2.45, 2.75) is 33.1 Å². The molecular weight excluding hydrogens is 266 g/mol. The molecule has 6 nitrogen and oxygen atoms in total. The Labute approximate surface area is 127 Å². The zero-order valence-electron chi connectivity index (χ0n) is 13.7. The second kappa shape index (κ2) is 8.56. The van der Waals surface area contributed by atoms with Gasteiger partial charge >= 0.3 is 0 Å². The van der Waals surface area contributed by atoms with E-state index in [0.29, 0.717) is 23.8 Å². The second-order valence-electron chi connectivity index (χ2n) is 5.59. The van der Waals surface area contributed by atoms with Crippen LogP contribution in [0.2, 0.25) is 0 Å². The van der Waals surface area contributed by atoms with Crippen molar-refractivity contribution in [3.8, 4) is 0 Å².